The van der Waals surface area contributed by atoms with Crippen molar-refractivity contribution in [1.82, 2.24) is 10.6 Å². The molecule has 1 saturated carbocycles. The van der Waals surface area contributed by atoms with Gasteiger partial charge in [-0.25, -0.2) is 0 Å². The molecular formula is C16H19N3O3S. The van der Waals surface area contributed by atoms with Gasteiger partial charge in [0.1, 0.15) is 0 Å². The summed E-state index contributed by atoms with van der Waals surface area (Å²) in [6.45, 7) is 0.322. The number of thioether (sulfide) groups is 1. The number of hydrogen-bond acceptors (Lipinski definition) is 4. The van der Waals surface area contributed by atoms with Gasteiger partial charge in [-0.05, 0) is 25.0 Å². The Balaban J connectivity index is 1.48. The van der Waals surface area contributed by atoms with Gasteiger partial charge in [0, 0.05) is 23.9 Å². The molecule has 0 bridgehead atoms. The second kappa shape index (κ2) is 7.04. The maximum absolute atomic E-state index is 12.1. The van der Waals surface area contributed by atoms with Gasteiger partial charge in [-0.1, -0.05) is 12.1 Å². The van der Waals surface area contributed by atoms with E-state index in [0.717, 1.165) is 23.4 Å². The minimum absolute atomic E-state index is 0.00425. The van der Waals surface area contributed by atoms with Crippen molar-refractivity contribution in [3.8, 4) is 0 Å². The van der Waals surface area contributed by atoms with Crippen molar-refractivity contribution < 1.29 is 14.4 Å². The molecule has 1 fully saturated rings. The van der Waals surface area contributed by atoms with Crippen LogP contribution in [0.25, 0.3) is 0 Å². The third-order valence-corrected chi connectivity index (χ3v) is 4.81. The van der Waals surface area contributed by atoms with Gasteiger partial charge >= 0.3 is 0 Å². The smallest absolute Gasteiger partial charge is 0.239 e. The van der Waals surface area contributed by atoms with Gasteiger partial charge in [-0.15, -0.1) is 11.8 Å². The highest BCUT2D eigenvalue weighted by molar-refractivity contribution is 8.00. The lowest BCUT2D eigenvalue weighted by molar-refractivity contribution is -0.126. The third kappa shape index (κ3) is 4.25. The predicted molar refractivity (Wildman–Crippen MR) is 88.3 cm³/mol. The van der Waals surface area contributed by atoms with Gasteiger partial charge < -0.3 is 15.5 Å². The first-order chi connectivity index (χ1) is 11.1. The van der Waals surface area contributed by atoms with E-state index in [1.807, 2.05) is 24.3 Å². The fourth-order valence-electron chi connectivity index (χ4n) is 2.39. The van der Waals surface area contributed by atoms with Crippen LogP contribution in [0.2, 0.25) is 0 Å². The van der Waals surface area contributed by atoms with Crippen LogP contribution in [0.5, 0.6) is 0 Å². The highest BCUT2D eigenvalue weighted by atomic mass is 32.2. The van der Waals surface area contributed by atoms with Crippen molar-refractivity contribution in [2.45, 2.75) is 30.2 Å². The van der Waals surface area contributed by atoms with Gasteiger partial charge in [0.2, 0.25) is 17.7 Å². The Bertz CT molecular complexity index is 631. The number of hydrogen-bond donors (Lipinski definition) is 2. The third-order valence-electron chi connectivity index (χ3n) is 3.76. The van der Waals surface area contributed by atoms with E-state index in [2.05, 4.69) is 10.6 Å². The van der Waals surface area contributed by atoms with Crippen LogP contribution in [-0.2, 0) is 14.4 Å². The zero-order valence-electron chi connectivity index (χ0n) is 12.7. The quantitative estimate of drug-likeness (QED) is 0.811. The van der Waals surface area contributed by atoms with E-state index in [9.17, 15) is 14.4 Å². The Kier molecular flexibility index (Phi) is 4.85. The minimum atomic E-state index is -0.223. The van der Waals surface area contributed by atoms with Crippen LogP contribution < -0.4 is 15.5 Å². The number of carbonyl (C=O) groups is 3. The molecular weight excluding hydrogens is 314 g/mol. The maximum Gasteiger partial charge on any atom is 0.239 e. The molecule has 3 amide bonds. The summed E-state index contributed by atoms with van der Waals surface area (Å²) in [7, 11) is 0. The topological polar surface area (TPSA) is 78.5 Å². The van der Waals surface area contributed by atoms with Gasteiger partial charge in [0.05, 0.1) is 18.0 Å². The normalized spacial score (nSPS) is 16.7. The first kappa shape index (κ1) is 15.9. The van der Waals surface area contributed by atoms with Crippen LogP contribution >= 0.6 is 11.8 Å². The van der Waals surface area contributed by atoms with Crippen LogP contribution in [-0.4, -0.2) is 42.6 Å². The van der Waals surface area contributed by atoms with Crippen molar-refractivity contribution in [1.29, 1.82) is 0 Å². The molecule has 1 heterocycles. The summed E-state index contributed by atoms with van der Waals surface area (Å²) in [6, 6.07) is 7.97. The van der Waals surface area contributed by atoms with Crippen LogP contribution in [0.15, 0.2) is 29.2 Å². The molecule has 0 aromatic heterocycles. The molecule has 0 radical (unpaired) electrons. The molecule has 2 N–H and O–H groups in total. The number of nitrogens with one attached hydrogen (secondary N) is 2. The molecule has 1 aromatic rings. The molecule has 122 valence electrons. The minimum Gasteiger partial charge on any atom is -0.352 e. The lowest BCUT2D eigenvalue weighted by Gasteiger charge is -2.28. The first-order valence-electron chi connectivity index (χ1n) is 7.72. The van der Waals surface area contributed by atoms with E-state index < -0.39 is 0 Å². The number of benzene rings is 1. The number of para-hydroxylation sites is 1. The van der Waals surface area contributed by atoms with Crippen molar-refractivity contribution >= 4 is 35.2 Å². The number of fused-ring (bicyclic) bond motifs is 1. The Hall–Kier alpha value is -2.02. The molecule has 0 atom stereocenters. The summed E-state index contributed by atoms with van der Waals surface area (Å²) in [6.07, 6.45) is 2.23. The lowest BCUT2D eigenvalue weighted by Crippen LogP contribution is -2.41. The zero-order chi connectivity index (χ0) is 16.2. The van der Waals surface area contributed by atoms with E-state index in [1.54, 1.807) is 4.90 Å². The van der Waals surface area contributed by atoms with E-state index in [1.165, 1.54) is 11.8 Å². The van der Waals surface area contributed by atoms with E-state index in [0.29, 0.717) is 18.3 Å². The van der Waals surface area contributed by atoms with Crippen LogP contribution in [0.3, 0.4) is 0 Å². The molecule has 0 saturated heterocycles. The number of anilines is 1. The van der Waals surface area contributed by atoms with E-state index in [4.69, 9.17) is 0 Å². The highest BCUT2D eigenvalue weighted by Gasteiger charge is 2.25. The van der Waals surface area contributed by atoms with Crippen molar-refractivity contribution in [2.75, 3.05) is 23.7 Å². The Morgan fingerprint density at radius 3 is 2.78 bits per heavy atom. The average Bonchev–Trinajstić information content (AvgIpc) is 3.36. The maximum atomic E-state index is 12.1. The van der Waals surface area contributed by atoms with Crippen LogP contribution in [0.1, 0.15) is 19.3 Å². The van der Waals surface area contributed by atoms with Gasteiger partial charge in [0.25, 0.3) is 0 Å². The summed E-state index contributed by atoms with van der Waals surface area (Å²) < 4.78 is 0. The summed E-state index contributed by atoms with van der Waals surface area (Å²) in [4.78, 5) is 38.2. The summed E-state index contributed by atoms with van der Waals surface area (Å²) in [5.41, 5.74) is 0.855. The molecule has 0 unspecified atom stereocenters. The first-order valence-corrected chi connectivity index (χ1v) is 8.70. The van der Waals surface area contributed by atoms with Crippen LogP contribution in [0, 0.1) is 0 Å². The SMILES string of the molecule is O=C(CCN1C(=O)CSc2ccccc21)NCC(=O)NC1CC1. The summed E-state index contributed by atoms with van der Waals surface area (Å²) in [5, 5.41) is 5.41. The molecule has 7 heteroatoms. The zero-order valence-corrected chi connectivity index (χ0v) is 13.5. The predicted octanol–water partition coefficient (Wildman–Crippen LogP) is 0.910. The second-order valence-corrected chi connectivity index (χ2v) is 6.69. The molecule has 1 aliphatic carbocycles. The molecule has 1 aliphatic heterocycles. The number of nitrogens with zero attached hydrogens (tertiary/aromatic N) is 1. The molecule has 3 rings (SSSR count). The second-order valence-electron chi connectivity index (χ2n) is 5.67. The fourth-order valence-corrected chi connectivity index (χ4v) is 3.32. The van der Waals surface area contributed by atoms with Gasteiger partial charge in [-0.2, -0.15) is 0 Å². The van der Waals surface area contributed by atoms with Crippen molar-refractivity contribution in [3.63, 3.8) is 0 Å². The molecule has 0 spiro atoms. The number of amides is 3. The van der Waals surface area contributed by atoms with E-state index >= 15 is 0 Å². The monoisotopic (exact) mass is 333 g/mol. The number of carbonyl (C=O) groups excluding carboxylic acids is 3. The molecule has 1 aromatic carbocycles. The standard InChI is InChI=1S/C16H19N3O3S/c20-14(17-9-15(21)18-11-5-6-11)7-8-19-12-3-1-2-4-13(12)23-10-16(19)22/h1-4,11H,5-10H2,(H,17,20)(H,18,21). The average molecular weight is 333 g/mol. The number of rotatable bonds is 6. The lowest BCUT2D eigenvalue weighted by atomic mass is 10.2. The van der Waals surface area contributed by atoms with Gasteiger partial charge in [0.15, 0.2) is 0 Å². The largest absolute Gasteiger partial charge is 0.352 e. The van der Waals surface area contributed by atoms with Gasteiger partial charge in [-0.3, -0.25) is 14.4 Å². The van der Waals surface area contributed by atoms with Crippen molar-refractivity contribution in [3.05, 3.63) is 24.3 Å². The van der Waals surface area contributed by atoms with E-state index in [-0.39, 0.29) is 30.7 Å². The Morgan fingerprint density at radius 2 is 2.00 bits per heavy atom. The Labute approximate surface area is 139 Å². The molecule has 23 heavy (non-hydrogen) atoms. The van der Waals surface area contributed by atoms with Crippen LogP contribution in [0.4, 0.5) is 5.69 Å². The molecule has 6 nitrogen and oxygen atoms in total. The van der Waals surface area contributed by atoms with Crippen molar-refractivity contribution in [2.24, 2.45) is 0 Å². The summed E-state index contributed by atoms with van der Waals surface area (Å²) in [5.74, 6) is 0.0201. The Morgan fingerprint density at radius 1 is 1.22 bits per heavy atom. The fraction of sp³-hybridized carbons (Fsp3) is 0.438. The summed E-state index contributed by atoms with van der Waals surface area (Å²) >= 11 is 1.52. The molecule has 2 aliphatic rings. The highest BCUT2D eigenvalue weighted by Crippen LogP contribution is 2.34.